The lowest BCUT2D eigenvalue weighted by Gasteiger charge is -2.09. The number of hydrogen-bond donors (Lipinski definition) is 0. The van der Waals surface area contributed by atoms with Gasteiger partial charge in [-0.1, -0.05) is 96.5 Å². The van der Waals surface area contributed by atoms with Crippen LogP contribution in [0.2, 0.25) is 5.02 Å². The van der Waals surface area contributed by atoms with Crippen LogP contribution in [0.4, 0.5) is 0 Å². The predicted octanol–water partition coefficient (Wildman–Crippen LogP) is 8.58. The summed E-state index contributed by atoms with van der Waals surface area (Å²) in [5.74, 6) is 1.79. The number of aromatic nitrogens is 3. The Morgan fingerprint density at radius 2 is 1.11 bits per heavy atom. The molecule has 0 bridgehead atoms. The Balaban J connectivity index is 1.55. The molecule has 5 aromatic carbocycles. The molecule has 170 valence electrons. The zero-order chi connectivity index (χ0) is 24.1. The van der Waals surface area contributed by atoms with Crippen molar-refractivity contribution < 1.29 is 4.42 Å². The fraction of sp³-hybridized carbons (Fsp3) is 0. The van der Waals surface area contributed by atoms with Crippen molar-refractivity contribution in [2.24, 2.45) is 0 Å². The third-order valence-electron chi connectivity index (χ3n) is 6.38. The molecule has 0 fully saturated rings. The van der Waals surface area contributed by atoms with Gasteiger partial charge in [-0.05, 0) is 35.0 Å². The molecular weight excluding hydrogens is 466 g/mol. The van der Waals surface area contributed by atoms with Crippen LogP contribution in [0.3, 0.4) is 0 Å². The number of halogens is 1. The molecule has 7 aromatic rings. The van der Waals surface area contributed by atoms with Crippen molar-refractivity contribution in [2.45, 2.75) is 0 Å². The standard InChI is InChI=1S/C31H18ClN3O/c32-25-16-15-23(27-24-17-21-13-7-8-14-22(21)18-26(24)36-28(25)27)31-34-29(19-9-3-1-4-10-19)33-30(35-31)20-11-5-2-6-12-20/h1-18H. The van der Waals surface area contributed by atoms with Gasteiger partial charge in [0.05, 0.1) is 5.02 Å². The summed E-state index contributed by atoms with van der Waals surface area (Å²) in [6.45, 7) is 0. The third kappa shape index (κ3) is 3.43. The van der Waals surface area contributed by atoms with Crippen molar-refractivity contribution in [2.75, 3.05) is 0 Å². The van der Waals surface area contributed by atoms with Crippen LogP contribution in [0, 0.1) is 0 Å². The van der Waals surface area contributed by atoms with Crippen molar-refractivity contribution in [3.63, 3.8) is 0 Å². The van der Waals surface area contributed by atoms with E-state index in [1.165, 1.54) is 0 Å². The van der Waals surface area contributed by atoms with E-state index in [1.54, 1.807) is 0 Å². The molecule has 5 heteroatoms. The summed E-state index contributed by atoms with van der Waals surface area (Å²) in [5.41, 5.74) is 4.10. The van der Waals surface area contributed by atoms with Gasteiger partial charge in [-0.3, -0.25) is 0 Å². The molecule has 0 aliphatic carbocycles. The number of hydrogen-bond acceptors (Lipinski definition) is 4. The third-order valence-corrected chi connectivity index (χ3v) is 6.68. The van der Waals surface area contributed by atoms with Gasteiger partial charge in [0.2, 0.25) is 0 Å². The highest BCUT2D eigenvalue weighted by Crippen LogP contribution is 2.41. The number of furan rings is 1. The summed E-state index contributed by atoms with van der Waals surface area (Å²) in [6.07, 6.45) is 0. The van der Waals surface area contributed by atoms with E-state index in [-0.39, 0.29) is 0 Å². The lowest BCUT2D eigenvalue weighted by molar-refractivity contribution is 0.669. The van der Waals surface area contributed by atoms with E-state index in [2.05, 4.69) is 24.3 Å². The minimum absolute atomic E-state index is 0.551. The molecule has 0 atom stereocenters. The van der Waals surface area contributed by atoms with Gasteiger partial charge in [0.1, 0.15) is 5.58 Å². The van der Waals surface area contributed by atoms with Crippen LogP contribution < -0.4 is 0 Å². The molecule has 7 rings (SSSR count). The Bertz CT molecular complexity index is 1840. The molecule has 0 saturated carbocycles. The Morgan fingerprint density at radius 3 is 1.75 bits per heavy atom. The van der Waals surface area contributed by atoms with Gasteiger partial charge in [-0.25, -0.2) is 15.0 Å². The van der Waals surface area contributed by atoms with Crippen LogP contribution in [0.15, 0.2) is 114 Å². The lowest BCUT2D eigenvalue weighted by atomic mass is 10.0. The molecule has 0 aliphatic rings. The lowest BCUT2D eigenvalue weighted by Crippen LogP contribution is -2.00. The minimum Gasteiger partial charge on any atom is -0.454 e. The molecule has 0 unspecified atom stereocenters. The molecule has 0 aliphatic heterocycles. The second-order valence-corrected chi connectivity index (χ2v) is 9.04. The summed E-state index contributed by atoms with van der Waals surface area (Å²) in [4.78, 5) is 14.7. The van der Waals surface area contributed by atoms with Crippen LogP contribution >= 0.6 is 11.6 Å². The van der Waals surface area contributed by atoms with E-state index >= 15 is 0 Å². The Kier molecular flexibility index (Phi) is 4.79. The van der Waals surface area contributed by atoms with Crippen LogP contribution in [0.25, 0.3) is 66.9 Å². The highest BCUT2D eigenvalue weighted by molar-refractivity contribution is 6.36. The number of nitrogens with zero attached hydrogens (tertiary/aromatic N) is 3. The normalized spacial score (nSPS) is 11.5. The van der Waals surface area contributed by atoms with Crippen LogP contribution in [0.5, 0.6) is 0 Å². The Morgan fingerprint density at radius 1 is 0.556 bits per heavy atom. The van der Waals surface area contributed by atoms with E-state index < -0.39 is 0 Å². The first-order valence-corrected chi connectivity index (χ1v) is 12.0. The average Bonchev–Trinajstić information content (AvgIpc) is 3.32. The maximum absolute atomic E-state index is 6.63. The fourth-order valence-corrected chi connectivity index (χ4v) is 4.85. The predicted molar refractivity (Wildman–Crippen MR) is 146 cm³/mol. The molecule has 36 heavy (non-hydrogen) atoms. The topological polar surface area (TPSA) is 51.8 Å². The average molecular weight is 484 g/mol. The molecule has 2 aromatic heterocycles. The molecule has 2 heterocycles. The summed E-state index contributed by atoms with van der Waals surface area (Å²) >= 11 is 6.63. The first kappa shape index (κ1) is 20.8. The minimum atomic E-state index is 0.551. The van der Waals surface area contributed by atoms with Crippen molar-refractivity contribution in [3.8, 4) is 34.2 Å². The van der Waals surface area contributed by atoms with Gasteiger partial charge in [-0.2, -0.15) is 0 Å². The molecule has 0 amide bonds. The Hall–Kier alpha value is -4.54. The summed E-state index contributed by atoms with van der Waals surface area (Å²) in [5, 5.41) is 4.66. The highest BCUT2D eigenvalue weighted by Gasteiger charge is 2.20. The number of rotatable bonds is 3. The molecular formula is C31H18ClN3O. The quantitative estimate of drug-likeness (QED) is 0.252. The first-order valence-electron chi connectivity index (χ1n) is 11.7. The van der Waals surface area contributed by atoms with Gasteiger partial charge in [0.25, 0.3) is 0 Å². The molecule has 0 radical (unpaired) electrons. The van der Waals surface area contributed by atoms with Gasteiger partial charge in [0.15, 0.2) is 23.1 Å². The zero-order valence-corrected chi connectivity index (χ0v) is 19.8. The Labute approximate surface area is 211 Å². The number of benzene rings is 5. The van der Waals surface area contributed by atoms with Crippen molar-refractivity contribution in [3.05, 3.63) is 114 Å². The van der Waals surface area contributed by atoms with Crippen molar-refractivity contribution in [1.82, 2.24) is 15.0 Å². The van der Waals surface area contributed by atoms with Crippen LogP contribution in [-0.4, -0.2) is 15.0 Å². The van der Waals surface area contributed by atoms with Crippen molar-refractivity contribution in [1.29, 1.82) is 0 Å². The van der Waals surface area contributed by atoms with Crippen molar-refractivity contribution >= 4 is 44.3 Å². The maximum Gasteiger partial charge on any atom is 0.164 e. The van der Waals surface area contributed by atoms with E-state index in [1.807, 2.05) is 84.9 Å². The van der Waals surface area contributed by atoms with Gasteiger partial charge < -0.3 is 4.42 Å². The molecule has 0 spiro atoms. The SMILES string of the molecule is Clc1ccc(-c2nc(-c3ccccc3)nc(-c3ccccc3)n2)c2c1oc1cc3ccccc3cc12. The monoisotopic (exact) mass is 483 g/mol. The van der Waals surface area contributed by atoms with Gasteiger partial charge >= 0.3 is 0 Å². The molecule has 0 saturated heterocycles. The fourth-order valence-electron chi connectivity index (χ4n) is 4.65. The maximum atomic E-state index is 6.63. The molecule has 4 nitrogen and oxygen atoms in total. The number of fused-ring (bicyclic) bond motifs is 4. The first-order chi connectivity index (χ1) is 17.7. The molecule has 0 N–H and O–H groups in total. The van der Waals surface area contributed by atoms with E-state index in [4.69, 9.17) is 31.0 Å². The summed E-state index contributed by atoms with van der Waals surface area (Å²) in [6, 6.07) is 36.2. The smallest absolute Gasteiger partial charge is 0.164 e. The van der Waals surface area contributed by atoms with Crippen LogP contribution in [0.1, 0.15) is 0 Å². The zero-order valence-electron chi connectivity index (χ0n) is 19.0. The van der Waals surface area contributed by atoms with E-state index in [0.29, 0.717) is 28.1 Å². The summed E-state index contributed by atoms with van der Waals surface area (Å²) in [7, 11) is 0. The highest BCUT2D eigenvalue weighted by atomic mass is 35.5. The van der Waals surface area contributed by atoms with Gasteiger partial charge in [-0.15, -0.1) is 0 Å². The largest absolute Gasteiger partial charge is 0.454 e. The van der Waals surface area contributed by atoms with E-state index in [0.717, 1.165) is 43.8 Å². The summed E-state index contributed by atoms with van der Waals surface area (Å²) < 4.78 is 6.28. The second kappa shape index (κ2) is 8.29. The van der Waals surface area contributed by atoms with Gasteiger partial charge in [0, 0.05) is 27.5 Å². The van der Waals surface area contributed by atoms with E-state index in [9.17, 15) is 0 Å². The second-order valence-electron chi connectivity index (χ2n) is 8.63. The van der Waals surface area contributed by atoms with Crippen LogP contribution in [-0.2, 0) is 0 Å².